The number of hydrogen-bond acceptors (Lipinski definition) is 3. The SMILES string of the molecule is Br.COC1(OC)Cc2ccccc2C1=O. The van der Waals surface area contributed by atoms with Gasteiger partial charge in [-0.25, -0.2) is 0 Å². The summed E-state index contributed by atoms with van der Waals surface area (Å²) in [6.45, 7) is 0. The van der Waals surface area contributed by atoms with Crippen LogP contribution in [0.1, 0.15) is 15.9 Å². The van der Waals surface area contributed by atoms with E-state index in [1.165, 1.54) is 14.2 Å². The maximum Gasteiger partial charge on any atom is 0.237 e. The number of carbonyl (C=O) groups excluding carboxylic acids is 1. The van der Waals surface area contributed by atoms with Crippen LogP contribution < -0.4 is 0 Å². The van der Waals surface area contributed by atoms with E-state index in [1.54, 1.807) is 6.07 Å². The number of Topliss-reactive ketones (excluding diaryl/α,β-unsaturated/α-hetero) is 1. The van der Waals surface area contributed by atoms with Crippen LogP contribution in [0.5, 0.6) is 0 Å². The highest BCUT2D eigenvalue weighted by atomic mass is 79.9. The first-order chi connectivity index (χ1) is 6.73. The molecule has 3 nitrogen and oxygen atoms in total. The summed E-state index contributed by atoms with van der Waals surface area (Å²) in [6.07, 6.45) is 0.495. The second-order valence-electron chi connectivity index (χ2n) is 3.32. The molecule has 0 saturated heterocycles. The molecule has 0 atom stereocenters. The molecule has 15 heavy (non-hydrogen) atoms. The Kier molecular flexibility index (Phi) is 3.65. The van der Waals surface area contributed by atoms with Crippen molar-refractivity contribution >= 4 is 22.8 Å². The molecule has 0 bridgehead atoms. The van der Waals surface area contributed by atoms with Gasteiger partial charge in [-0.2, -0.15) is 0 Å². The summed E-state index contributed by atoms with van der Waals surface area (Å²) in [4.78, 5) is 11.9. The number of benzene rings is 1. The number of halogens is 1. The fourth-order valence-electron chi connectivity index (χ4n) is 1.85. The highest BCUT2D eigenvalue weighted by Crippen LogP contribution is 2.32. The van der Waals surface area contributed by atoms with Crippen LogP contribution >= 0.6 is 17.0 Å². The van der Waals surface area contributed by atoms with Crippen molar-refractivity contribution in [2.45, 2.75) is 12.2 Å². The van der Waals surface area contributed by atoms with Gasteiger partial charge in [-0.1, -0.05) is 24.3 Å². The summed E-state index contributed by atoms with van der Waals surface area (Å²) in [7, 11) is 2.99. The topological polar surface area (TPSA) is 35.5 Å². The van der Waals surface area contributed by atoms with E-state index < -0.39 is 5.79 Å². The monoisotopic (exact) mass is 272 g/mol. The molecule has 1 aliphatic carbocycles. The third kappa shape index (κ3) is 1.73. The van der Waals surface area contributed by atoms with Gasteiger partial charge in [0.2, 0.25) is 11.6 Å². The van der Waals surface area contributed by atoms with Crippen LogP contribution in [0, 0.1) is 0 Å². The molecular formula is C11H13BrO3. The summed E-state index contributed by atoms with van der Waals surface area (Å²) in [5.74, 6) is -1.18. The number of rotatable bonds is 2. The number of carbonyl (C=O) groups is 1. The predicted molar refractivity (Wildman–Crippen MR) is 61.5 cm³/mol. The van der Waals surface area contributed by atoms with Crippen LogP contribution in [-0.4, -0.2) is 25.8 Å². The molecule has 0 fully saturated rings. The van der Waals surface area contributed by atoms with Gasteiger partial charge in [-0.05, 0) is 5.56 Å². The average molecular weight is 273 g/mol. The summed E-state index contributed by atoms with van der Waals surface area (Å²) < 4.78 is 10.3. The normalized spacial score (nSPS) is 17.1. The number of methoxy groups -OCH3 is 2. The second kappa shape index (κ2) is 4.43. The fourth-order valence-corrected chi connectivity index (χ4v) is 1.85. The Morgan fingerprint density at radius 3 is 2.33 bits per heavy atom. The zero-order valence-electron chi connectivity index (χ0n) is 8.65. The van der Waals surface area contributed by atoms with Crippen molar-refractivity contribution in [2.24, 2.45) is 0 Å². The molecular weight excluding hydrogens is 260 g/mol. The fraction of sp³-hybridized carbons (Fsp3) is 0.364. The minimum absolute atomic E-state index is 0. The van der Waals surface area contributed by atoms with Crippen LogP contribution in [0.4, 0.5) is 0 Å². The molecule has 0 unspecified atom stereocenters. The first-order valence-electron chi connectivity index (χ1n) is 4.46. The van der Waals surface area contributed by atoms with E-state index in [0.717, 1.165) is 5.56 Å². The van der Waals surface area contributed by atoms with Crippen molar-refractivity contribution in [3.05, 3.63) is 35.4 Å². The van der Waals surface area contributed by atoms with Gasteiger partial charge >= 0.3 is 0 Å². The lowest BCUT2D eigenvalue weighted by molar-refractivity contribution is -0.163. The summed E-state index contributed by atoms with van der Waals surface area (Å²) in [5.41, 5.74) is 1.69. The molecule has 1 aliphatic rings. The van der Waals surface area contributed by atoms with E-state index in [2.05, 4.69) is 0 Å². The molecule has 4 heteroatoms. The smallest absolute Gasteiger partial charge is 0.237 e. The molecule has 0 heterocycles. The lowest BCUT2D eigenvalue weighted by atomic mass is 10.1. The largest absolute Gasteiger partial charge is 0.346 e. The Morgan fingerprint density at radius 2 is 1.80 bits per heavy atom. The average Bonchev–Trinajstić information content (AvgIpc) is 2.53. The first-order valence-corrected chi connectivity index (χ1v) is 4.46. The zero-order valence-corrected chi connectivity index (χ0v) is 10.4. The van der Waals surface area contributed by atoms with Crippen molar-refractivity contribution in [1.82, 2.24) is 0 Å². The van der Waals surface area contributed by atoms with Crippen molar-refractivity contribution in [1.29, 1.82) is 0 Å². The third-order valence-electron chi connectivity index (χ3n) is 2.69. The van der Waals surface area contributed by atoms with Crippen molar-refractivity contribution in [3.63, 3.8) is 0 Å². The molecule has 0 aromatic heterocycles. The lowest BCUT2D eigenvalue weighted by Gasteiger charge is -2.23. The Hall–Kier alpha value is -0.710. The quantitative estimate of drug-likeness (QED) is 0.773. The highest BCUT2D eigenvalue weighted by molar-refractivity contribution is 8.93. The van der Waals surface area contributed by atoms with E-state index in [-0.39, 0.29) is 22.8 Å². The second-order valence-corrected chi connectivity index (χ2v) is 3.32. The molecule has 0 spiro atoms. The van der Waals surface area contributed by atoms with Gasteiger partial charge in [-0.3, -0.25) is 4.79 Å². The van der Waals surface area contributed by atoms with Crippen molar-refractivity contribution in [3.8, 4) is 0 Å². The minimum Gasteiger partial charge on any atom is -0.346 e. The number of ether oxygens (including phenoxy) is 2. The van der Waals surface area contributed by atoms with E-state index in [4.69, 9.17) is 9.47 Å². The third-order valence-corrected chi connectivity index (χ3v) is 2.69. The van der Waals surface area contributed by atoms with Gasteiger partial charge in [0.25, 0.3) is 0 Å². The minimum atomic E-state index is -1.09. The molecule has 1 aromatic rings. The van der Waals surface area contributed by atoms with Gasteiger partial charge in [0.1, 0.15) is 0 Å². The van der Waals surface area contributed by atoms with E-state index in [1.807, 2.05) is 18.2 Å². The molecule has 2 rings (SSSR count). The van der Waals surface area contributed by atoms with Crippen LogP contribution in [0.15, 0.2) is 24.3 Å². The number of hydrogen-bond donors (Lipinski definition) is 0. The van der Waals surface area contributed by atoms with E-state index in [0.29, 0.717) is 12.0 Å². The Balaban J connectivity index is 0.00000112. The molecule has 0 radical (unpaired) electrons. The van der Waals surface area contributed by atoms with Gasteiger partial charge < -0.3 is 9.47 Å². The van der Waals surface area contributed by atoms with Crippen LogP contribution in [0.25, 0.3) is 0 Å². The standard InChI is InChI=1S/C11H12O3.BrH/c1-13-11(14-2)7-8-5-3-4-6-9(8)10(11)12;/h3-6H,7H2,1-2H3;1H. The van der Waals surface area contributed by atoms with Crippen molar-refractivity contribution in [2.75, 3.05) is 14.2 Å². The van der Waals surface area contributed by atoms with Crippen LogP contribution in [0.3, 0.4) is 0 Å². The van der Waals surface area contributed by atoms with Crippen LogP contribution in [0.2, 0.25) is 0 Å². The summed E-state index contributed by atoms with van der Waals surface area (Å²) >= 11 is 0. The molecule has 82 valence electrons. The number of ketones is 1. The highest BCUT2D eigenvalue weighted by Gasteiger charge is 2.46. The Labute approximate surface area is 99.2 Å². The number of fused-ring (bicyclic) bond motifs is 1. The van der Waals surface area contributed by atoms with Gasteiger partial charge in [0.15, 0.2) is 0 Å². The van der Waals surface area contributed by atoms with Crippen molar-refractivity contribution < 1.29 is 14.3 Å². The molecule has 0 N–H and O–H groups in total. The Bertz CT molecular complexity index is 372. The maximum absolute atomic E-state index is 11.9. The summed E-state index contributed by atoms with van der Waals surface area (Å²) in [5, 5.41) is 0. The molecule has 1 aromatic carbocycles. The molecule has 0 amide bonds. The molecule has 0 saturated carbocycles. The summed E-state index contributed by atoms with van der Waals surface area (Å²) in [6, 6.07) is 7.48. The zero-order chi connectivity index (χ0) is 10.2. The Morgan fingerprint density at radius 1 is 1.20 bits per heavy atom. The maximum atomic E-state index is 11.9. The van der Waals surface area contributed by atoms with Crippen LogP contribution in [-0.2, 0) is 15.9 Å². The molecule has 0 aliphatic heterocycles. The van der Waals surface area contributed by atoms with Gasteiger partial charge in [0, 0.05) is 26.2 Å². The predicted octanol–water partition coefficient (Wildman–Crippen LogP) is 1.99. The lowest BCUT2D eigenvalue weighted by Crippen LogP contribution is -2.40. The van der Waals surface area contributed by atoms with E-state index >= 15 is 0 Å². The van der Waals surface area contributed by atoms with E-state index in [9.17, 15) is 4.79 Å². The first kappa shape index (κ1) is 12.4. The van der Waals surface area contributed by atoms with Gasteiger partial charge in [0.05, 0.1) is 0 Å². The van der Waals surface area contributed by atoms with Gasteiger partial charge in [-0.15, -0.1) is 17.0 Å².